The molecule has 2 aliphatic rings. The minimum atomic E-state index is -0.459. The van der Waals surface area contributed by atoms with Crippen molar-refractivity contribution >= 4 is 46.8 Å². The lowest BCUT2D eigenvalue weighted by Gasteiger charge is -2.17. The van der Waals surface area contributed by atoms with Crippen LogP contribution in [0.2, 0.25) is 5.02 Å². The minimum Gasteiger partial charge on any atom is -0.400 e. The number of hydrogen-bond donors (Lipinski definition) is 1. The molecule has 4 nitrogen and oxygen atoms in total. The standard InChI is InChI=1S/C25H17ClFNO2.CH4O/c26-21-4-1-3-18(16-9-10-16)19(21)13-20-24-22(27)5-2-6-23(24)28(25(20)30)17-11-7-15(14-29)8-12-17;1-2/h1-8,11-14,16H,9-10H2;2H,1H3/b20-13+;. The molecule has 32 heavy (non-hydrogen) atoms. The average Bonchev–Trinajstić information content (AvgIpc) is 3.62. The molecule has 0 spiro atoms. The second-order valence-corrected chi connectivity index (χ2v) is 7.97. The zero-order chi connectivity index (χ0) is 22.8. The number of aliphatic hydroxyl groups is 1. The molecule has 0 unspecified atom stereocenters. The predicted molar refractivity (Wildman–Crippen MR) is 125 cm³/mol. The Kier molecular flexibility index (Phi) is 6.21. The fourth-order valence-electron chi connectivity index (χ4n) is 4.00. The van der Waals surface area contributed by atoms with Gasteiger partial charge in [-0.1, -0.05) is 29.8 Å². The Bertz CT molecular complexity index is 1220. The molecular formula is C26H21ClFNO3. The summed E-state index contributed by atoms with van der Waals surface area (Å²) in [6.07, 6.45) is 4.64. The van der Waals surface area contributed by atoms with Gasteiger partial charge in [0.2, 0.25) is 0 Å². The molecule has 162 valence electrons. The number of rotatable bonds is 4. The van der Waals surface area contributed by atoms with Gasteiger partial charge >= 0.3 is 0 Å². The Morgan fingerprint density at radius 1 is 1.03 bits per heavy atom. The quantitative estimate of drug-likeness (QED) is 0.392. The Hall–Kier alpha value is -3.28. The molecule has 1 amide bonds. The van der Waals surface area contributed by atoms with Crippen molar-refractivity contribution < 1.29 is 19.1 Å². The van der Waals surface area contributed by atoms with E-state index in [1.807, 2.05) is 12.1 Å². The van der Waals surface area contributed by atoms with Crippen LogP contribution in [0, 0.1) is 5.82 Å². The van der Waals surface area contributed by atoms with Gasteiger partial charge in [0.15, 0.2) is 0 Å². The van der Waals surface area contributed by atoms with Crippen LogP contribution >= 0.6 is 11.6 Å². The highest BCUT2D eigenvalue weighted by Gasteiger charge is 2.36. The summed E-state index contributed by atoms with van der Waals surface area (Å²) >= 11 is 6.48. The van der Waals surface area contributed by atoms with Gasteiger partial charge in [-0.15, -0.1) is 0 Å². The van der Waals surface area contributed by atoms with Gasteiger partial charge in [-0.2, -0.15) is 0 Å². The van der Waals surface area contributed by atoms with E-state index in [9.17, 15) is 14.0 Å². The van der Waals surface area contributed by atoms with E-state index in [0.717, 1.165) is 37.4 Å². The molecule has 0 saturated heterocycles. The van der Waals surface area contributed by atoms with Gasteiger partial charge in [-0.3, -0.25) is 14.5 Å². The number of nitrogens with zero attached hydrogens (tertiary/aromatic N) is 1. The summed E-state index contributed by atoms with van der Waals surface area (Å²) in [6, 6.07) is 17.0. The molecule has 0 atom stereocenters. The van der Waals surface area contributed by atoms with E-state index in [2.05, 4.69) is 0 Å². The van der Waals surface area contributed by atoms with E-state index >= 15 is 0 Å². The number of anilines is 2. The van der Waals surface area contributed by atoms with E-state index in [-0.39, 0.29) is 17.0 Å². The lowest BCUT2D eigenvalue weighted by atomic mass is 9.98. The Balaban J connectivity index is 0.00000119. The molecule has 1 N–H and O–H groups in total. The van der Waals surface area contributed by atoms with Crippen molar-refractivity contribution in [3.05, 3.63) is 93.8 Å². The van der Waals surface area contributed by atoms with Crippen molar-refractivity contribution in [2.45, 2.75) is 18.8 Å². The molecule has 3 aromatic carbocycles. The summed E-state index contributed by atoms with van der Waals surface area (Å²) in [6.45, 7) is 0. The smallest absolute Gasteiger partial charge is 0.263 e. The van der Waals surface area contributed by atoms with Crippen LogP contribution in [0.1, 0.15) is 45.8 Å². The zero-order valence-electron chi connectivity index (χ0n) is 17.4. The van der Waals surface area contributed by atoms with Crippen LogP contribution in [0.25, 0.3) is 11.6 Å². The van der Waals surface area contributed by atoms with Gasteiger partial charge in [-0.25, -0.2) is 4.39 Å². The van der Waals surface area contributed by atoms with Gasteiger partial charge in [0.05, 0.1) is 11.3 Å². The molecule has 6 heteroatoms. The summed E-state index contributed by atoms with van der Waals surface area (Å²) < 4.78 is 14.9. The average molecular weight is 450 g/mol. The van der Waals surface area contributed by atoms with Crippen LogP contribution in [-0.2, 0) is 4.79 Å². The van der Waals surface area contributed by atoms with Crippen LogP contribution in [0.15, 0.2) is 60.7 Å². The topological polar surface area (TPSA) is 57.6 Å². The first-order valence-corrected chi connectivity index (χ1v) is 10.6. The molecule has 0 bridgehead atoms. The first kappa shape index (κ1) is 21.9. The SMILES string of the molecule is CO.O=Cc1ccc(N2C(=O)/C(=C/c3c(Cl)cccc3C3CC3)c3c(F)cccc32)cc1. The lowest BCUT2D eigenvalue weighted by Crippen LogP contribution is -2.20. The van der Waals surface area contributed by atoms with E-state index in [4.69, 9.17) is 16.7 Å². The summed E-state index contributed by atoms with van der Waals surface area (Å²) in [5.41, 5.74) is 3.96. The molecule has 1 aliphatic heterocycles. The Labute approximate surface area is 190 Å². The van der Waals surface area contributed by atoms with Crippen molar-refractivity contribution in [1.29, 1.82) is 0 Å². The van der Waals surface area contributed by atoms with Crippen molar-refractivity contribution in [3.63, 3.8) is 0 Å². The van der Waals surface area contributed by atoms with Crippen LogP contribution < -0.4 is 4.90 Å². The zero-order valence-corrected chi connectivity index (χ0v) is 18.1. The van der Waals surface area contributed by atoms with Crippen LogP contribution in [-0.4, -0.2) is 24.4 Å². The fraction of sp³-hybridized carbons (Fsp3) is 0.154. The highest BCUT2D eigenvalue weighted by atomic mass is 35.5. The number of aldehydes is 1. The molecule has 3 aromatic rings. The van der Waals surface area contributed by atoms with Gasteiger partial charge in [0.1, 0.15) is 12.1 Å². The van der Waals surface area contributed by atoms with Crippen molar-refractivity contribution in [1.82, 2.24) is 0 Å². The largest absolute Gasteiger partial charge is 0.400 e. The van der Waals surface area contributed by atoms with Gasteiger partial charge in [0, 0.05) is 28.9 Å². The van der Waals surface area contributed by atoms with Crippen molar-refractivity contribution in [2.75, 3.05) is 12.0 Å². The molecular weight excluding hydrogens is 429 g/mol. The third-order valence-corrected chi connectivity index (χ3v) is 5.94. The summed E-state index contributed by atoms with van der Waals surface area (Å²) in [4.78, 5) is 25.9. The molecule has 0 aromatic heterocycles. The monoisotopic (exact) mass is 449 g/mol. The number of carbonyl (C=O) groups excluding carboxylic acids is 2. The van der Waals surface area contributed by atoms with E-state index in [1.165, 1.54) is 11.0 Å². The van der Waals surface area contributed by atoms with Crippen molar-refractivity contribution in [2.24, 2.45) is 0 Å². The van der Waals surface area contributed by atoms with Crippen LogP contribution in [0.4, 0.5) is 15.8 Å². The lowest BCUT2D eigenvalue weighted by molar-refractivity contribution is -0.112. The highest BCUT2D eigenvalue weighted by Crippen LogP contribution is 2.47. The number of fused-ring (bicyclic) bond motifs is 1. The van der Waals surface area contributed by atoms with E-state index < -0.39 is 5.82 Å². The molecule has 1 saturated carbocycles. The van der Waals surface area contributed by atoms with Crippen molar-refractivity contribution in [3.8, 4) is 0 Å². The first-order chi connectivity index (χ1) is 15.6. The molecule has 1 heterocycles. The number of hydrogen-bond acceptors (Lipinski definition) is 3. The highest BCUT2D eigenvalue weighted by molar-refractivity contribution is 6.39. The van der Waals surface area contributed by atoms with Crippen LogP contribution in [0.3, 0.4) is 0 Å². The Morgan fingerprint density at radius 3 is 2.38 bits per heavy atom. The first-order valence-electron chi connectivity index (χ1n) is 10.2. The second-order valence-electron chi connectivity index (χ2n) is 7.56. The molecule has 0 radical (unpaired) electrons. The van der Waals surface area contributed by atoms with Gasteiger partial charge in [-0.05, 0) is 78.4 Å². The molecule has 1 aliphatic carbocycles. The maximum atomic E-state index is 14.9. The second kappa shape index (κ2) is 9.07. The number of amides is 1. The van der Waals surface area contributed by atoms with E-state index in [1.54, 1.807) is 48.5 Å². The third kappa shape index (κ3) is 3.85. The maximum Gasteiger partial charge on any atom is 0.263 e. The summed E-state index contributed by atoms with van der Waals surface area (Å²) in [7, 11) is 1.00. The number of benzene rings is 3. The third-order valence-electron chi connectivity index (χ3n) is 5.62. The summed E-state index contributed by atoms with van der Waals surface area (Å²) in [5.74, 6) is -0.353. The maximum absolute atomic E-state index is 14.9. The number of carbonyl (C=O) groups is 2. The van der Waals surface area contributed by atoms with Crippen LogP contribution in [0.5, 0.6) is 0 Å². The van der Waals surface area contributed by atoms with Gasteiger partial charge in [0.25, 0.3) is 5.91 Å². The number of halogens is 2. The normalized spacial score (nSPS) is 15.9. The Morgan fingerprint density at radius 2 is 1.72 bits per heavy atom. The summed E-state index contributed by atoms with van der Waals surface area (Å²) in [5, 5.41) is 7.55. The predicted octanol–water partition coefficient (Wildman–Crippen LogP) is 6.00. The van der Waals surface area contributed by atoms with Gasteiger partial charge < -0.3 is 5.11 Å². The van der Waals surface area contributed by atoms with E-state index in [0.29, 0.717) is 27.9 Å². The minimum absolute atomic E-state index is 0.267. The number of aliphatic hydroxyl groups excluding tert-OH is 1. The molecule has 5 rings (SSSR count). The molecule has 1 fully saturated rings. The fourth-order valence-corrected chi connectivity index (χ4v) is 4.23.